The number of tetrazole rings is 1. The van der Waals surface area contributed by atoms with E-state index in [1.165, 1.54) is 5.56 Å². The molecule has 0 saturated heterocycles. The molecular formula is C16H15BrN4OS. The van der Waals surface area contributed by atoms with Gasteiger partial charge in [0.2, 0.25) is 5.16 Å². The van der Waals surface area contributed by atoms with Gasteiger partial charge in [-0.15, -0.1) is 5.10 Å². The second-order valence-corrected chi connectivity index (χ2v) is 6.45. The van der Waals surface area contributed by atoms with E-state index in [-0.39, 0.29) is 0 Å². The van der Waals surface area contributed by atoms with Gasteiger partial charge >= 0.3 is 0 Å². The van der Waals surface area contributed by atoms with E-state index in [2.05, 4.69) is 37.5 Å². The molecule has 0 amide bonds. The molecule has 0 fully saturated rings. The minimum atomic E-state index is 0.596. The van der Waals surface area contributed by atoms with Gasteiger partial charge in [-0.1, -0.05) is 58.0 Å². The highest BCUT2D eigenvalue weighted by Gasteiger charge is 2.13. The van der Waals surface area contributed by atoms with E-state index in [0.717, 1.165) is 26.8 Å². The summed E-state index contributed by atoms with van der Waals surface area (Å²) in [5.74, 6) is 1.54. The molecule has 0 bridgehead atoms. The summed E-state index contributed by atoms with van der Waals surface area (Å²) in [5.41, 5.74) is 2.04. The molecule has 1 heterocycles. The SMILES string of the molecule is CCOc1ccccc1-n1nnnc1SCc1ccccc1Br. The van der Waals surface area contributed by atoms with Crippen molar-refractivity contribution >= 4 is 27.7 Å². The minimum absolute atomic E-state index is 0.596. The summed E-state index contributed by atoms with van der Waals surface area (Å²) in [6.45, 7) is 2.55. The number of thioether (sulfide) groups is 1. The molecule has 0 aliphatic rings. The molecule has 1 aromatic heterocycles. The van der Waals surface area contributed by atoms with Gasteiger partial charge in [-0.05, 0) is 41.1 Å². The Hall–Kier alpha value is -1.86. The third-order valence-electron chi connectivity index (χ3n) is 3.15. The Morgan fingerprint density at radius 2 is 1.91 bits per heavy atom. The van der Waals surface area contributed by atoms with Crippen molar-refractivity contribution in [3.05, 3.63) is 58.6 Å². The number of hydrogen-bond donors (Lipinski definition) is 0. The van der Waals surface area contributed by atoms with E-state index in [1.54, 1.807) is 16.4 Å². The third-order valence-corrected chi connectivity index (χ3v) is 4.89. The molecule has 0 N–H and O–H groups in total. The highest BCUT2D eigenvalue weighted by atomic mass is 79.9. The molecule has 0 aliphatic carbocycles. The van der Waals surface area contributed by atoms with Crippen LogP contribution in [0.5, 0.6) is 5.75 Å². The first-order valence-corrected chi connectivity index (χ1v) is 8.94. The predicted octanol–water partition coefficient (Wildman–Crippen LogP) is 4.12. The summed E-state index contributed by atoms with van der Waals surface area (Å²) in [4.78, 5) is 0. The second-order valence-electron chi connectivity index (χ2n) is 4.65. The van der Waals surface area contributed by atoms with Crippen molar-refractivity contribution in [1.29, 1.82) is 0 Å². The van der Waals surface area contributed by atoms with Crippen LogP contribution in [-0.2, 0) is 5.75 Å². The number of benzene rings is 2. The summed E-state index contributed by atoms with van der Waals surface area (Å²) >= 11 is 5.15. The zero-order valence-electron chi connectivity index (χ0n) is 12.5. The standard InChI is InChI=1S/C16H15BrN4OS/c1-2-22-15-10-6-5-9-14(15)21-16(18-19-20-21)23-11-12-7-3-4-8-13(12)17/h3-10H,2,11H2,1H3. The number of hydrogen-bond acceptors (Lipinski definition) is 5. The van der Waals surface area contributed by atoms with Crippen molar-refractivity contribution in [2.45, 2.75) is 17.8 Å². The fourth-order valence-corrected chi connectivity index (χ4v) is 3.59. The number of aromatic nitrogens is 4. The lowest BCUT2D eigenvalue weighted by Crippen LogP contribution is -2.03. The molecule has 0 atom stereocenters. The number of nitrogens with zero attached hydrogens (tertiary/aromatic N) is 4. The highest BCUT2D eigenvalue weighted by Crippen LogP contribution is 2.29. The average Bonchev–Trinajstić information content (AvgIpc) is 3.03. The largest absolute Gasteiger partial charge is 0.492 e. The van der Waals surface area contributed by atoms with Crippen molar-refractivity contribution in [1.82, 2.24) is 20.2 Å². The Kier molecular flexibility index (Phi) is 5.30. The van der Waals surface area contributed by atoms with E-state index in [4.69, 9.17) is 4.74 Å². The second kappa shape index (κ2) is 7.61. The van der Waals surface area contributed by atoms with Crippen LogP contribution in [0.25, 0.3) is 5.69 Å². The lowest BCUT2D eigenvalue weighted by molar-refractivity contribution is 0.337. The van der Waals surface area contributed by atoms with E-state index < -0.39 is 0 Å². The van der Waals surface area contributed by atoms with Gasteiger partial charge in [-0.3, -0.25) is 0 Å². The van der Waals surface area contributed by atoms with Crippen LogP contribution in [0.4, 0.5) is 0 Å². The number of rotatable bonds is 6. The van der Waals surface area contributed by atoms with Crippen LogP contribution in [0.2, 0.25) is 0 Å². The third kappa shape index (κ3) is 3.73. The van der Waals surface area contributed by atoms with Gasteiger partial charge in [0.15, 0.2) is 0 Å². The van der Waals surface area contributed by atoms with Crippen molar-refractivity contribution in [3.63, 3.8) is 0 Å². The van der Waals surface area contributed by atoms with E-state index >= 15 is 0 Å². The number of para-hydroxylation sites is 2. The van der Waals surface area contributed by atoms with Crippen LogP contribution < -0.4 is 4.74 Å². The Balaban J connectivity index is 1.84. The van der Waals surface area contributed by atoms with Gasteiger partial charge in [0, 0.05) is 10.2 Å². The average molecular weight is 391 g/mol. The quantitative estimate of drug-likeness (QED) is 0.592. The molecule has 0 unspecified atom stereocenters. The molecule has 7 heteroatoms. The zero-order valence-corrected chi connectivity index (χ0v) is 14.9. The van der Waals surface area contributed by atoms with Gasteiger partial charge in [0.1, 0.15) is 11.4 Å². The topological polar surface area (TPSA) is 52.8 Å². The van der Waals surface area contributed by atoms with Gasteiger partial charge in [-0.2, -0.15) is 4.68 Å². The first-order valence-electron chi connectivity index (χ1n) is 7.16. The van der Waals surface area contributed by atoms with E-state index in [1.807, 2.05) is 49.4 Å². The van der Waals surface area contributed by atoms with Crippen LogP contribution in [0.15, 0.2) is 58.2 Å². The number of halogens is 1. The van der Waals surface area contributed by atoms with Crippen LogP contribution >= 0.6 is 27.7 Å². The van der Waals surface area contributed by atoms with Crippen molar-refractivity contribution in [3.8, 4) is 11.4 Å². The molecule has 118 valence electrons. The normalized spacial score (nSPS) is 10.7. The van der Waals surface area contributed by atoms with Gasteiger partial charge < -0.3 is 4.74 Å². The molecular weight excluding hydrogens is 376 g/mol. The van der Waals surface area contributed by atoms with Crippen LogP contribution in [0, 0.1) is 0 Å². The molecule has 5 nitrogen and oxygen atoms in total. The summed E-state index contributed by atoms with van der Waals surface area (Å²) in [7, 11) is 0. The van der Waals surface area contributed by atoms with Crippen molar-refractivity contribution < 1.29 is 4.74 Å². The van der Waals surface area contributed by atoms with Crippen LogP contribution in [0.3, 0.4) is 0 Å². The molecule has 3 rings (SSSR count). The predicted molar refractivity (Wildman–Crippen MR) is 94.0 cm³/mol. The molecule has 0 radical (unpaired) electrons. The summed E-state index contributed by atoms with van der Waals surface area (Å²) < 4.78 is 8.46. The molecule has 3 aromatic rings. The number of ether oxygens (including phenoxy) is 1. The fraction of sp³-hybridized carbons (Fsp3) is 0.188. The maximum atomic E-state index is 5.66. The van der Waals surface area contributed by atoms with Crippen LogP contribution in [0.1, 0.15) is 12.5 Å². The maximum Gasteiger partial charge on any atom is 0.214 e. The smallest absolute Gasteiger partial charge is 0.214 e. The van der Waals surface area contributed by atoms with Crippen molar-refractivity contribution in [2.24, 2.45) is 0 Å². The minimum Gasteiger partial charge on any atom is -0.492 e. The zero-order chi connectivity index (χ0) is 16.1. The lowest BCUT2D eigenvalue weighted by Gasteiger charge is -2.10. The van der Waals surface area contributed by atoms with Gasteiger partial charge in [0.05, 0.1) is 6.61 Å². The van der Waals surface area contributed by atoms with E-state index in [9.17, 15) is 0 Å². The Labute approximate surface area is 147 Å². The monoisotopic (exact) mass is 390 g/mol. The molecule has 0 saturated carbocycles. The first kappa shape index (κ1) is 16.0. The van der Waals surface area contributed by atoms with Crippen molar-refractivity contribution in [2.75, 3.05) is 6.61 Å². The Morgan fingerprint density at radius 1 is 1.13 bits per heavy atom. The van der Waals surface area contributed by atoms with Crippen LogP contribution in [-0.4, -0.2) is 26.8 Å². The molecule has 23 heavy (non-hydrogen) atoms. The fourth-order valence-electron chi connectivity index (χ4n) is 2.09. The van der Waals surface area contributed by atoms with E-state index in [0.29, 0.717) is 6.61 Å². The molecule has 0 aliphatic heterocycles. The highest BCUT2D eigenvalue weighted by molar-refractivity contribution is 9.10. The first-order chi connectivity index (χ1) is 11.3. The molecule has 2 aromatic carbocycles. The summed E-state index contributed by atoms with van der Waals surface area (Å²) in [5, 5.41) is 12.8. The lowest BCUT2D eigenvalue weighted by atomic mass is 10.2. The maximum absolute atomic E-state index is 5.66. The Morgan fingerprint density at radius 3 is 2.74 bits per heavy atom. The van der Waals surface area contributed by atoms with Gasteiger partial charge in [0.25, 0.3) is 0 Å². The summed E-state index contributed by atoms with van der Waals surface area (Å²) in [6.07, 6.45) is 0. The van der Waals surface area contributed by atoms with Gasteiger partial charge in [-0.25, -0.2) is 0 Å². The Bertz CT molecular complexity index is 793. The molecule has 0 spiro atoms. The summed E-state index contributed by atoms with van der Waals surface area (Å²) in [6, 6.07) is 15.9.